The molecule has 2 aliphatic carbocycles. The Balaban J connectivity index is 1.01. The summed E-state index contributed by atoms with van der Waals surface area (Å²) in [5.74, 6) is 0.139. The van der Waals surface area contributed by atoms with E-state index in [1.165, 1.54) is 88.7 Å². The molecule has 0 unspecified atom stereocenters. The molecule has 11 rings (SSSR count). The summed E-state index contributed by atoms with van der Waals surface area (Å²) >= 11 is 0. The van der Waals surface area contributed by atoms with Crippen LogP contribution in [0.25, 0.3) is 21.9 Å². The minimum Gasteiger partial charge on any atom is -0.311 e. The van der Waals surface area contributed by atoms with Crippen molar-refractivity contribution in [2.45, 2.75) is 169 Å². The van der Waals surface area contributed by atoms with Crippen LogP contribution in [0.3, 0.4) is 0 Å². The van der Waals surface area contributed by atoms with E-state index in [0.717, 1.165) is 47.0 Å². The summed E-state index contributed by atoms with van der Waals surface area (Å²) < 4.78 is 0. The fourth-order valence-electron chi connectivity index (χ4n) is 13.2. The Morgan fingerprint density at radius 3 is 1.01 bits per heavy atom. The molecule has 9 aromatic carbocycles. The standard InChI is InChI=1S/C78H86N2/c1-50-47-67-72-70-64(50)19-18-20-66(70)77(14,15)68-48-51(49-69(71(68)72)78(67,16)17)21-46-65(52-22-34-58(35-23-52)79(60-38-26-54(27-39-60)73(2,3)4)61-40-28-55(29-41-61)74(5,6)7)53-24-36-59(37-25-53)80(62-42-30-56(31-43-62)75(8,9)10)63-44-32-57(33-45-63)76(11,12)13/h18-20,22-45,47-49,65H,21,46H2,1-17H3. The van der Waals surface area contributed by atoms with E-state index in [2.05, 4.69) is 309 Å². The second kappa shape index (κ2) is 19.5. The number of benzene rings is 9. The Morgan fingerprint density at radius 1 is 0.362 bits per heavy atom. The largest absolute Gasteiger partial charge is 0.311 e. The third-order valence-electron chi connectivity index (χ3n) is 18.3. The van der Waals surface area contributed by atoms with Crippen molar-refractivity contribution in [1.29, 1.82) is 0 Å². The van der Waals surface area contributed by atoms with Gasteiger partial charge in [-0.1, -0.05) is 220 Å². The van der Waals surface area contributed by atoms with Crippen molar-refractivity contribution in [3.8, 4) is 11.1 Å². The lowest BCUT2D eigenvalue weighted by Gasteiger charge is -2.35. The van der Waals surface area contributed by atoms with Gasteiger partial charge in [-0.25, -0.2) is 0 Å². The van der Waals surface area contributed by atoms with Gasteiger partial charge in [0.05, 0.1) is 0 Å². The van der Waals surface area contributed by atoms with Gasteiger partial charge in [-0.3, -0.25) is 0 Å². The molecule has 0 heterocycles. The average Bonchev–Trinajstić information content (AvgIpc) is 3.90. The van der Waals surface area contributed by atoms with E-state index in [9.17, 15) is 0 Å². The number of aryl methyl sites for hydroxylation is 2. The molecule has 0 aromatic heterocycles. The van der Waals surface area contributed by atoms with E-state index in [0.29, 0.717) is 0 Å². The van der Waals surface area contributed by atoms with Crippen molar-refractivity contribution in [3.63, 3.8) is 0 Å². The van der Waals surface area contributed by atoms with Crippen LogP contribution in [0, 0.1) is 6.92 Å². The van der Waals surface area contributed by atoms with E-state index in [1.807, 2.05) is 0 Å². The molecule has 0 atom stereocenters. The SMILES string of the molecule is Cc1cc2c3c4c(cccc14)C(C)(C)c1cc(CCC(c4ccc(N(c5ccc(C(C)(C)C)cc5)c5ccc(C(C)(C)C)cc5)cc4)c4ccc(N(c5ccc(C(C)(C)C)cc5)c5ccc(C(C)(C)C)cc5)cc4)cc(c1-3)C2(C)C. The van der Waals surface area contributed by atoms with Crippen LogP contribution in [0.15, 0.2) is 182 Å². The van der Waals surface area contributed by atoms with Crippen LogP contribution >= 0.6 is 0 Å². The van der Waals surface area contributed by atoms with Crippen LogP contribution in [0.4, 0.5) is 34.1 Å². The summed E-state index contributed by atoms with van der Waals surface area (Å²) in [7, 11) is 0. The van der Waals surface area contributed by atoms with Crippen molar-refractivity contribution < 1.29 is 0 Å². The highest BCUT2D eigenvalue weighted by molar-refractivity contribution is 6.09. The monoisotopic (exact) mass is 1050 g/mol. The number of hydrogen-bond donors (Lipinski definition) is 0. The minimum atomic E-state index is -0.138. The van der Waals surface area contributed by atoms with Crippen LogP contribution in [-0.4, -0.2) is 0 Å². The first kappa shape index (κ1) is 54.8. The molecule has 2 aliphatic rings. The van der Waals surface area contributed by atoms with Crippen molar-refractivity contribution in [2.24, 2.45) is 0 Å². The first-order valence-electron chi connectivity index (χ1n) is 29.6. The summed E-state index contributed by atoms with van der Waals surface area (Å²) in [6.45, 7) is 39.6. The van der Waals surface area contributed by atoms with Crippen LogP contribution in [0.2, 0.25) is 0 Å². The highest BCUT2D eigenvalue weighted by Gasteiger charge is 2.45. The molecule has 0 bridgehead atoms. The maximum atomic E-state index is 2.59. The molecule has 9 aromatic rings. The first-order valence-corrected chi connectivity index (χ1v) is 29.6. The third-order valence-corrected chi connectivity index (χ3v) is 18.3. The Hall–Kier alpha value is -7.16. The lowest BCUT2D eigenvalue weighted by atomic mass is 9.67. The molecule has 80 heavy (non-hydrogen) atoms. The lowest BCUT2D eigenvalue weighted by Crippen LogP contribution is -2.24. The molecule has 0 amide bonds. The van der Waals surface area contributed by atoms with Crippen LogP contribution < -0.4 is 9.80 Å². The van der Waals surface area contributed by atoms with Crippen LogP contribution in [-0.2, 0) is 38.9 Å². The van der Waals surface area contributed by atoms with Crippen molar-refractivity contribution in [1.82, 2.24) is 0 Å². The zero-order valence-electron chi connectivity index (χ0n) is 51.2. The van der Waals surface area contributed by atoms with Gasteiger partial charge in [0, 0.05) is 50.9 Å². The van der Waals surface area contributed by atoms with Gasteiger partial charge in [0.1, 0.15) is 0 Å². The zero-order chi connectivity index (χ0) is 57.1. The predicted molar refractivity (Wildman–Crippen MR) is 346 cm³/mol. The number of anilines is 6. The Kier molecular flexibility index (Phi) is 13.4. The number of rotatable bonds is 11. The average molecular weight is 1050 g/mol. The van der Waals surface area contributed by atoms with Gasteiger partial charge in [-0.2, -0.15) is 0 Å². The Bertz CT molecular complexity index is 3470. The van der Waals surface area contributed by atoms with Crippen molar-refractivity contribution in [2.75, 3.05) is 9.80 Å². The second-order valence-electron chi connectivity index (χ2n) is 28.8. The van der Waals surface area contributed by atoms with Gasteiger partial charge in [-0.15, -0.1) is 0 Å². The fourth-order valence-corrected chi connectivity index (χ4v) is 13.2. The van der Waals surface area contributed by atoms with Crippen molar-refractivity contribution in [3.05, 3.63) is 249 Å². The van der Waals surface area contributed by atoms with E-state index < -0.39 is 0 Å². The van der Waals surface area contributed by atoms with Crippen LogP contribution in [0.1, 0.15) is 190 Å². The summed E-state index contributed by atoms with van der Waals surface area (Å²) in [4.78, 5) is 4.85. The normalized spacial score (nSPS) is 14.5. The molecule has 0 spiro atoms. The topological polar surface area (TPSA) is 6.48 Å². The molecule has 0 aliphatic heterocycles. The van der Waals surface area contributed by atoms with Crippen molar-refractivity contribution >= 4 is 44.9 Å². The Labute approximate surface area is 481 Å². The zero-order valence-corrected chi connectivity index (χ0v) is 51.2. The van der Waals surface area contributed by atoms with Gasteiger partial charge >= 0.3 is 0 Å². The predicted octanol–water partition coefficient (Wildman–Crippen LogP) is 22.0. The van der Waals surface area contributed by atoms with Gasteiger partial charge in [0.25, 0.3) is 0 Å². The van der Waals surface area contributed by atoms with Gasteiger partial charge in [0.2, 0.25) is 0 Å². The molecule has 408 valence electrons. The summed E-state index contributed by atoms with van der Waals surface area (Å²) in [6.07, 6.45) is 1.91. The number of hydrogen-bond acceptors (Lipinski definition) is 2. The quantitative estimate of drug-likeness (QED) is 0.127. The first-order chi connectivity index (χ1) is 37.6. The lowest BCUT2D eigenvalue weighted by molar-refractivity contribution is 0.590. The maximum absolute atomic E-state index is 2.59. The minimum absolute atomic E-state index is 0.0613. The van der Waals surface area contributed by atoms with E-state index in [-0.39, 0.29) is 38.4 Å². The molecule has 0 N–H and O–H groups in total. The van der Waals surface area contributed by atoms with Gasteiger partial charge in [-0.05, 0) is 203 Å². The molecular weight excluding hydrogens is 965 g/mol. The third kappa shape index (κ3) is 9.79. The molecule has 2 nitrogen and oxygen atoms in total. The van der Waals surface area contributed by atoms with E-state index in [4.69, 9.17) is 0 Å². The van der Waals surface area contributed by atoms with Gasteiger partial charge < -0.3 is 9.80 Å². The molecule has 0 radical (unpaired) electrons. The fraction of sp³-hybridized carbons (Fsp3) is 0.333. The highest BCUT2D eigenvalue weighted by atomic mass is 15.1. The highest BCUT2D eigenvalue weighted by Crippen LogP contribution is 2.60. The maximum Gasteiger partial charge on any atom is 0.0461 e. The molecule has 2 heteroatoms. The summed E-state index contributed by atoms with van der Waals surface area (Å²) in [5, 5.41) is 2.86. The van der Waals surface area contributed by atoms with Crippen LogP contribution in [0.5, 0.6) is 0 Å². The number of nitrogens with zero attached hydrogens (tertiary/aromatic N) is 2. The molecule has 0 saturated carbocycles. The summed E-state index contributed by atoms with van der Waals surface area (Å²) in [6, 6.07) is 70.6. The molecule has 0 saturated heterocycles. The van der Waals surface area contributed by atoms with Gasteiger partial charge in [0.15, 0.2) is 0 Å². The Morgan fingerprint density at radius 2 is 0.675 bits per heavy atom. The molecular formula is C78H86N2. The molecule has 0 fully saturated rings. The van der Waals surface area contributed by atoms with E-state index in [1.54, 1.807) is 0 Å². The summed E-state index contributed by atoms with van der Waals surface area (Å²) in [5.41, 5.74) is 26.5. The second-order valence-corrected chi connectivity index (χ2v) is 28.8. The van der Waals surface area contributed by atoms with E-state index >= 15 is 0 Å². The smallest absolute Gasteiger partial charge is 0.0461 e.